The Morgan fingerprint density at radius 3 is 2.44 bits per heavy atom. The molecule has 0 radical (unpaired) electrons. The lowest BCUT2D eigenvalue weighted by Gasteiger charge is -2.31. The Morgan fingerprint density at radius 2 is 1.94 bits per heavy atom. The normalized spacial score (nSPS) is 18.1. The Morgan fingerprint density at radius 1 is 1.33 bits per heavy atom. The number of methoxy groups -OCH3 is 1. The van der Waals surface area contributed by atoms with Crippen molar-refractivity contribution < 1.29 is 23.1 Å². The minimum Gasteiger partial charge on any atom is -0.480 e. The molecule has 0 saturated carbocycles. The van der Waals surface area contributed by atoms with Crippen molar-refractivity contribution in [3.63, 3.8) is 0 Å². The maximum absolute atomic E-state index is 12.3. The van der Waals surface area contributed by atoms with E-state index in [1.807, 2.05) is 0 Å². The van der Waals surface area contributed by atoms with Gasteiger partial charge >= 0.3 is 5.97 Å². The van der Waals surface area contributed by atoms with Crippen molar-refractivity contribution >= 4 is 16.2 Å². The van der Waals surface area contributed by atoms with Crippen LogP contribution in [0.3, 0.4) is 0 Å². The highest BCUT2D eigenvalue weighted by atomic mass is 32.2. The number of aliphatic carboxylic acids is 1. The molecule has 106 valence electrons. The number of ether oxygens (including phenoxy) is 1. The second-order valence-electron chi connectivity index (χ2n) is 4.19. The van der Waals surface area contributed by atoms with Crippen LogP contribution >= 0.6 is 0 Å². The number of hydrogen-bond acceptors (Lipinski definition) is 4. The average molecular weight is 280 g/mol. The molecule has 7 nitrogen and oxygen atoms in total. The van der Waals surface area contributed by atoms with Crippen LogP contribution in [0.2, 0.25) is 0 Å². The van der Waals surface area contributed by atoms with Crippen molar-refractivity contribution in [1.29, 1.82) is 0 Å². The fourth-order valence-corrected chi connectivity index (χ4v) is 3.50. The van der Waals surface area contributed by atoms with Crippen LogP contribution in [0, 0.1) is 0 Å². The van der Waals surface area contributed by atoms with Gasteiger partial charge in [-0.3, -0.25) is 4.79 Å². The SMILES string of the molecule is COCCN(CC(=O)O)S(=O)(=O)N1CCCCC1. The third-order valence-electron chi connectivity index (χ3n) is 2.82. The molecule has 1 aliphatic heterocycles. The number of carbonyl (C=O) groups is 1. The number of hydrogen-bond donors (Lipinski definition) is 1. The molecule has 0 aliphatic carbocycles. The standard InChI is InChI=1S/C10H20N2O5S/c1-17-8-7-12(9-10(13)14)18(15,16)11-5-3-2-4-6-11/h2-9H2,1H3,(H,13,14). The Bertz CT molecular complexity index is 364. The summed E-state index contributed by atoms with van der Waals surface area (Å²) < 4.78 is 31.7. The molecule has 1 rings (SSSR count). The molecule has 1 fully saturated rings. The largest absolute Gasteiger partial charge is 0.480 e. The molecule has 0 unspecified atom stereocenters. The van der Waals surface area contributed by atoms with E-state index in [9.17, 15) is 13.2 Å². The molecular formula is C10H20N2O5S. The van der Waals surface area contributed by atoms with Crippen LogP contribution in [0.25, 0.3) is 0 Å². The minimum absolute atomic E-state index is 0.0572. The van der Waals surface area contributed by atoms with Crippen molar-refractivity contribution in [3.05, 3.63) is 0 Å². The Kier molecular flexibility index (Phi) is 6.00. The average Bonchev–Trinajstić information content (AvgIpc) is 2.35. The molecule has 0 atom stereocenters. The van der Waals surface area contributed by atoms with Gasteiger partial charge in [0, 0.05) is 26.7 Å². The summed E-state index contributed by atoms with van der Waals surface area (Å²) in [4.78, 5) is 10.7. The second kappa shape index (κ2) is 7.03. The highest BCUT2D eigenvalue weighted by molar-refractivity contribution is 7.86. The van der Waals surface area contributed by atoms with E-state index in [1.165, 1.54) is 11.4 Å². The minimum atomic E-state index is -3.69. The molecular weight excluding hydrogens is 260 g/mol. The van der Waals surface area contributed by atoms with Gasteiger partial charge in [-0.15, -0.1) is 0 Å². The van der Waals surface area contributed by atoms with Crippen LogP contribution in [0.4, 0.5) is 0 Å². The maximum Gasteiger partial charge on any atom is 0.318 e. The predicted octanol–water partition coefficient (Wildman–Crippen LogP) is -0.250. The summed E-state index contributed by atoms with van der Waals surface area (Å²) in [5.74, 6) is -1.16. The first-order chi connectivity index (χ1) is 8.48. The van der Waals surface area contributed by atoms with Crippen LogP contribution in [0.1, 0.15) is 19.3 Å². The van der Waals surface area contributed by atoms with E-state index in [4.69, 9.17) is 9.84 Å². The van der Waals surface area contributed by atoms with Crippen molar-refractivity contribution in [1.82, 2.24) is 8.61 Å². The third-order valence-corrected chi connectivity index (χ3v) is 4.81. The lowest BCUT2D eigenvalue weighted by molar-refractivity contribution is -0.137. The molecule has 1 heterocycles. The summed E-state index contributed by atoms with van der Waals surface area (Å²) in [6.45, 7) is 0.640. The number of nitrogens with zero attached hydrogens (tertiary/aromatic N) is 2. The predicted molar refractivity (Wildman–Crippen MR) is 65.4 cm³/mol. The van der Waals surface area contributed by atoms with Crippen LogP contribution < -0.4 is 0 Å². The first kappa shape index (κ1) is 15.4. The quantitative estimate of drug-likeness (QED) is 0.695. The van der Waals surface area contributed by atoms with Crippen molar-refractivity contribution in [2.24, 2.45) is 0 Å². The lowest BCUT2D eigenvalue weighted by atomic mass is 10.2. The Labute approximate surface area is 108 Å². The van der Waals surface area contributed by atoms with Gasteiger partial charge in [-0.25, -0.2) is 0 Å². The van der Waals surface area contributed by atoms with Crippen molar-refractivity contribution in [3.8, 4) is 0 Å². The summed E-state index contributed by atoms with van der Waals surface area (Å²) in [6, 6.07) is 0. The number of rotatable bonds is 7. The lowest BCUT2D eigenvalue weighted by Crippen LogP contribution is -2.48. The Hall–Kier alpha value is -0.700. The third kappa shape index (κ3) is 4.20. The number of carboxylic acid groups (broad SMARTS) is 1. The van der Waals surface area contributed by atoms with Gasteiger partial charge in [0.15, 0.2) is 0 Å². The zero-order valence-corrected chi connectivity index (χ0v) is 11.4. The van der Waals surface area contributed by atoms with E-state index in [1.54, 1.807) is 0 Å². The van der Waals surface area contributed by atoms with E-state index < -0.39 is 22.7 Å². The van der Waals surface area contributed by atoms with Crippen LogP contribution in [-0.4, -0.2) is 68.0 Å². The van der Waals surface area contributed by atoms with Gasteiger partial charge < -0.3 is 9.84 Å². The van der Waals surface area contributed by atoms with Crippen molar-refractivity contribution in [2.45, 2.75) is 19.3 Å². The fraction of sp³-hybridized carbons (Fsp3) is 0.900. The van der Waals surface area contributed by atoms with Gasteiger partial charge in [0.05, 0.1) is 6.61 Å². The summed E-state index contributed by atoms with van der Waals surface area (Å²) in [7, 11) is -2.23. The summed E-state index contributed by atoms with van der Waals surface area (Å²) in [5, 5.41) is 8.78. The van der Waals surface area contributed by atoms with Gasteiger partial charge in [-0.1, -0.05) is 6.42 Å². The molecule has 0 aromatic heterocycles. The van der Waals surface area contributed by atoms with E-state index in [-0.39, 0.29) is 13.2 Å². The Balaban J connectivity index is 2.76. The van der Waals surface area contributed by atoms with Crippen LogP contribution in [0.15, 0.2) is 0 Å². The van der Waals surface area contributed by atoms with E-state index in [0.29, 0.717) is 13.1 Å². The molecule has 0 aromatic carbocycles. The molecule has 8 heteroatoms. The zero-order valence-electron chi connectivity index (χ0n) is 10.5. The van der Waals surface area contributed by atoms with E-state index >= 15 is 0 Å². The molecule has 0 aromatic rings. The zero-order chi connectivity index (χ0) is 13.6. The molecule has 1 saturated heterocycles. The maximum atomic E-state index is 12.3. The van der Waals surface area contributed by atoms with Gasteiger partial charge in [0.1, 0.15) is 6.54 Å². The van der Waals surface area contributed by atoms with E-state index in [2.05, 4.69) is 0 Å². The van der Waals surface area contributed by atoms with Crippen LogP contribution in [0.5, 0.6) is 0 Å². The van der Waals surface area contributed by atoms with Gasteiger partial charge in [0.2, 0.25) is 0 Å². The van der Waals surface area contributed by atoms with Gasteiger partial charge in [0.25, 0.3) is 10.2 Å². The molecule has 1 aliphatic rings. The molecule has 0 amide bonds. The fourth-order valence-electron chi connectivity index (χ4n) is 1.88. The first-order valence-electron chi connectivity index (χ1n) is 5.94. The highest BCUT2D eigenvalue weighted by Crippen LogP contribution is 2.16. The first-order valence-corrected chi connectivity index (χ1v) is 7.34. The van der Waals surface area contributed by atoms with Gasteiger partial charge in [-0.05, 0) is 12.8 Å². The molecule has 1 N–H and O–H groups in total. The number of piperidine rings is 1. The molecule has 0 bridgehead atoms. The molecule has 18 heavy (non-hydrogen) atoms. The van der Waals surface area contributed by atoms with Crippen molar-refractivity contribution in [2.75, 3.05) is 39.9 Å². The summed E-state index contributed by atoms with van der Waals surface area (Å²) in [6.07, 6.45) is 2.66. The highest BCUT2D eigenvalue weighted by Gasteiger charge is 2.31. The molecule has 0 spiro atoms. The second-order valence-corrected chi connectivity index (χ2v) is 6.12. The smallest absolute Gasteiger partial charge is 0.318 e. The summed E-state index contributed by atoms with van der Waals surface area (Å²) in [5.41, 5.74) is 0. The number of carboxylic acids is 1. The summed E-state index contributed by atoms with van der Waals surface area (Å²) >= 11 is 0. The van der Waals surface area contributed by atoms with E-state index in [0.717, 1.165) is 23.6 Å². The van der Waals surface area contributed by atoms with Gasteiger partial charge in [-0.2, -0.15) is 17.0 Å². The topological polar surface area (TPSA) is 87.1 Å². The monoisotopic (exact) mass is 280 g/mol. The van der Waals surface area contributed by atoms with Crippen LogP contribution in [-0.2, 0) is 19.7 Å².